The van der Waals surface area contributed by atoms with Crippen LogP contribution < -0.4 is 0 Å². The van der Waals surface area contributed by atoms with Gasteiger partial charge in [-0.15, -0.1) is 0 Å². The summed E-state index contributed by atoms with van der Waals surface area (Å²) in [6.07, 6.45) is -8.80. The smallest absolute Gasteiger partial charge is 0.303 e. The van der Waals surface area contributed by atoms with Crippen LogP contribution in [0.15, 0.2) is 0 Å². The maximum absolute atomic E-state index is 12.7. The first-order chi connectivity index (χ1) is 27.3. The minimum Gasteiger partial charge on any atom is -0.460 e. The van der Waals surface area contributed by atoms with Crippen molar-refractivity contribution in [2.24, 2.45) is 23.7 Å². The lowest BCUT2D eigenvalue weighted by molar-refractivity contribution is -0.327. The van der Waals surface area contributed by atoms with E-state index in [4.69, 9.17) is 47.4 Å². The predicted molar refractivity (Wildman–Crippen MR) is 207 cm³/mol. The minimum absolute atomic E-state index is 0.183. The third-order valence-corrected chi connectivity index (χ3v) is 11.5. The SMILES string of the molecule is CCC(O)C(CC(C)C(CC)OC1C(CC)OC(OC2C(OC(C)=O)C(C)CC(C)C2OC2OC(CC)C(OC(C)=O)C(OC(C)=O)C2C)C1OC(C)=O)OC(C)=O. The summed E-state index contributed by atoms with van der Waals surface area (Å²) in [4.78, 5) is 61.6. The van der Waals surface area contributed by atoms with Gasteiger partial charge < -0.3 is 52.5 Å². The van der Waals surface area contributed by atoms with E-state index >= 15 is 0 Å². The van der Waals surface area contributed by atoms with Crippen LogP contribution in [0.1, 0.15) is 129 Å². The van der Waals surface area contributed by atoms with Gasteiger partial charge in [-0.05, 0) is 56.3 Å². The van der Waals surface area contributed by atoms with Gasteiger partial charge in [0, 0.05) is 40.5 Å². The molecule has 2 aliphatic heterocycles. The van der Waals surface area contributed by atoms with Crippen LogP contribution in [0, 0.1) is 23.7 Å². The molecule has 16 heteroatoms. The van der Waals surface area contributed by atoms with E-state index < -0.39 is 122 Å². The summed E-state index contributed by atoms with van der Waals surface area (Å²) in [5.74, 6) is -3.88. The van der Waals surface area contributed by atoms with Gasteiger partial charge in [0.2, 0.25) is 0 Å². The highest BCUT2D eigenvalue weighted by molar-refractivity contribution is 5.68. The molecule has 3 fully saturated rings. The second-order valence-electron chi connectivity index (χ2n) is 16.3. The Morgan fingerprint density at radius 1 is 0.586 bits per heavy atom. The molecule has 1 N–H and O–H groups in total. The van der Waals surface area contributed by atoms with Crippen molar-refractivity contribution in [3.05, 3.63) is 0 Å². The Balaban J connectivity index is 2.00. The lowest BCUT2D eigenvalue weighted by Crippen LogP contribution is -2.61. The molecule has 0 radical (unpaired) electrons. The molecule has 1 saturated carbocycles. The molecule has 0 aromatic carbocycles. The van der Waals surface area contributed by atoms with E-state index in [0.717, 1.165) is 0 Å². The van der Waals surface area contributed by atoms with E-state index in [1.165, 1.54) is 34.6 Å². The molecule has 3 aliphatic rings. The zero-order valence-electron chi connectivity index (χ0n) is 36.7. The summed E-state index contributed by atoms with van der Waals surface area (Å²) in [6, 6.07) is 0. The minimum atomic E-state index is -1.18. The quantitative estimate of drug-likeness (QED) is 0.135. The van der Waals surface area contributed by atoms with E-state index in [9.17, 15) is 29.1 Å². The Bertz CT molecular complexity index is 1360. The third kappa shape index (κ3) is 13.1. The molecule has 0 aromatic rings. The normalized spacial score (nSPS) is 35.8. The first-order valence-electron chi connectivity index (χ1n) is 21.1. The van der Waals surface area contributed by atoms with Crippen molar-refractivity contribution in [3.8, 4) is 0 Å². The van der Waals surface area contributed by atoms with E-state index in [-0.39, 0.29) is 17.8 Å². The fourth-order valence-corrected chi connectivity index (χ4v) is 8.69. The van der Waals surface area contributed by atoms with Crippen LogP contribution in [0.4, 0.5) is 0 Å². The van der Waals surface area contributed by atoms with E-state index in [2.05, 4.69) is 0 Å². The highest BCUT2D eigenvalue weighted by atomic mass is 16.8. The highest BCUT2D eigenvalue weighted by Crippen LogP contribution is 2.42. The second-order valence-corrected chi connectivity index (χ2v) is 16.3. The van der Waals surface area contributed by atoms with Gasteiger partial charge in [0.25, 0.3) is 0 Å². The Morgan fingerprint density at radius 3 is 1.59 bits per heavy atom. The molecule has 0 amide bonds. The van der Waals surface area contributed by atoms with Crippen LogP contribution in [0.3, 0.4) is 0 Å². The van der Waals surface area contributed by atoms with Gasteiger partial charge in [-0.1, -0.05) is 55.4 Å². The van der Waals surface area contributed by atoms with Gasteiger partial charge in [-0.25, -0.2) is 0 Å². The van der Waals surface area contributed by atoms with Crippen molar-refractivity contribution in [1.29, 1.82) is 0 Å². The number of rotatable bonds is 19. The molecule has 0 spiro atoms. The zero-order valence-corrected chi connectivity index (χ0v) is 36.7. The van der Waals surface area contributed by atoms with Crippen molar-refractivity contribution < 1.29 is 76.4 Å². The maximum Gasteiger partial charge on any atom is 0.303 e. The first-order valence-corrected chi connectivity index (χ1v) is 21.1. The number of esters is 5. The van der Waals surface area contributed by atoms with Crippen LogP contribution in [0.25, 0.3) is 0 Å². The predicted octanol–water partition coefficient (Wildman–Crippen LogP) is 4.96. The van der Waals surface area contributed by atoms with Gasteiger partial charge in [-0.2, -0.15) is 0 Å². The first kappa shape index (κ1) is 49.5. The fraction of sp³-hybridized carbons (Fsp3) is 0.881. The van der Waals surface area contributed by atoms with Crippen molar-refractivity contribution in [3.63, 3.8) is 0 Å². The fourth-order valence-electron chi connectivity index (χ4n) is 8.69. The molecule has 18 atom stereocenters. The van der Waals surface area contributed by atoms with Gasteiger partial charge in [0.1, 0.15) is 36.6 Å². The van der Waals surface area contributed by atoms with E-state index in [1.807, 2.05) is 48.5 Å². The van der Waals surface area contributed by atoms with Crippen molar-refractivity contribution in [1.82, 2.24) is 0 Å². The number of aliphatic hydroxyl groups is 1. The van der Waals surface area contributed by atoms with Crippen LogP contribution in [0.2, 0.25) is 0 Å². The van der Waals surface area contributed by atoms with Gasteiger partial charge in [-0.3, -0.25) is 24.0 Å². The Hall–Kier alpha value is -2.89. The number of hydrogen-bond donors (Lipinski definition) is 1. The standard InChI is InChI=1S/C42H70O16/c1-14-29(48)33(49-24(9)43)19-20(5)30(15-2)54-38-32(17-4)56-42(40(38)53-28(13)47)58-39-34(50-25(10)44)21(6)18-22(7)35(39)57-41-23(8)36(51-26(11)45)37(52-27(12)46)31(16-3)55-41/h20-23,29-42,48H,14-19H2,1-13H3. The summed E-state index contributed by atoms with van der Waals surface area (Å²) in [6.45, 7) is 21.7. The Morgan fingerprint density at radius 2 is 1.07 bits per heavy atom. The van der Waals surface area contributed by atoms with Gasteiger partial charge in [0.05, 0.1) is 24.4 Å². The molecular formula is C42H70O16. The topological polar surface area (TPSA) is 198 Å². The maximum atomic E-state index is 12.7. The molecule has 1 aliphatic carbocycles. The highest BCUT2D eigenvalue weighted by Gasteiger charge is 2.55. The van der Waals surface area contributed by atoms with Crippen LogP contribution in [-0.4, -0.2) is 121 Å². The van der Waals surface area contributed by atoms with Gasteiger partial charge >= 0.3 is 29.8 Å². The monoisotopic (exact) mass is 830 g/mol. The summed E-state index contributed by atoms with van der Waals surface area (Å²) >= 11 is 0. The Labute approximate surface area is 343 Å². The van der Waals surface area contributed by atoms with Crippen LogP contribution >= 0.6 is 0 Å². The molecular weight excluding hydrogens is 760 g/mol. The lowest BCUT2D eigenvalue weighted by Gasteiger charge is -2.49. The average molecular weight is 831 g/mol. The van der Waals surface area contributed by atoms with E-state index in [1.54, 1.807) is 6.92 Å². The summed E-state index contributed by atoms with van der Waals surface area (Å²) < 4.78 is 62.1. The number of ether oxygens (including phenoxy) is 10. The molecule has 16 nitrogen and oxygen atoms in total. The Kier molecular flexibility index (Phi) is 19.3. The lowest BCUT2D eigenvalue weighted by atomic mass is 9.77. The van der Waals surface area contributed by atoms with Crippen molar-refractivity contribution >= 4 is 29.8 Å². The summed E-state index contributed by atoms with van der Waals surface area (Å²) in [5, 5.41) is 10.6. The van der Waals surface area contributed by atoms with Crippen molar-refractivity contribution in [2.45, 2.75) is 214 Å². The van der Waals surface area contributed by atoms with Crippen molar-refractivity contribution in [2.75, 3.05) is 0 Å². The molecule has 2 heterocycles. The summed E-state index contributed by atoms with van der Waals surface area (Å²) in [7, 11) is 0. The van der Waals surface area contributed by atoms with Gasteiger partial charge in [0.15, 0.2) is 24.8 Å². The number of aliphatic hydroxyl groups excluding tert-OH is 1. The summed E-state index contributed by atoms with van der Waals surface area (Å²) in [5.41, 5.74) is 0. The largest absolute Gasteiger partial charge is 0.460 e. The van der Waals surface area contributed by atoms with Crippen LogP contribution in [-0.2, 0) is 71.3 Å². The molecule has 3 rings (SSSR count). The molecule has 2 saturated heterocycles. The number of carbonyl (C=O) groups excluding carboxylic acids is 5. The van der Waals surface area contributed by atoms with Crippen LogP contribution in [0.5, 0.6) is 0 Å². The number of carbonyl (C=O) groups is 5. The average Bonchev–Trinajstić information content (AvgIpc) is 3.45. The van der Waals surface area contributed by atoms with E-state index in [0.29, 0.717) is 38.5 Å². The molecule has 0 bridgehead atoms. The molecule has 0 aromatic heterocycles. The third-order valence-electron chi connectivity index (χ3n) is 11.5. The molecule has 58 heavy (non-hydrogen) atoms. The second kappa shape index (κ2) is 22.6. The molecule has 334 valence electrons. The molecule has 18 unspecified atom stereocenters. The number of hydrogen-bond acceptors (Lipinski definition) is 16. The zero-order chi connectivity index (χ0) is 43.6.